The summed E-state index contributed by atoms with van der Waals surface area (Å²) >= 11 is 1.62. The van der Waals surface area contributed by atoms with E-state index in [4.69, 9.17) is 4.74 Å². The zero-order valence-electron chi connectivity index (χ0n) is 25.0. The van der Waals surface area contributed by atoms with Crippen molar-refractivity contribution in [3.05, 3.63) is 92.9 Å². The number of ether oxygens (including phenoxy) is 1. The summed E-state index contributed by atoms with van der Waals surface area (Å²) < 4.78 is 19.1. The first kappa shape index (κ1) is 31.9. The van der Waals surface area contributed by atoms with Gasteiger partial charge in [0.2, 0.25) is 5.91 Å². The third kappa shape index (κ3) is 9.75. The first-order valence-corrected chi connectivity index (χ1v) is 16.0. The van der Waals surface area contributed by atoms with E-state index in [1.165, 1.54) is 37.0 Å². The number of unbranched alkanes of at least 4 members (excludes halogenated alkanes) is 3. The largest absolute Gasteiger partial charge is 0.379 e. The SMILES string of the molecule is CCCCCCc1ccc(C(=O)N(CCN2CCOCC2)CC(=O)N(Cc2ccc(F)cc2)Cc2sccc2C)cc1. The maximum Gasteiger partial charge on any atom is 0.254 e. The third-order valence-electron chi connectivity index (χ3n) is 7.87. The van der Waals surface area contributed by atoms with Crippen molar-refractivity contribution in [1.82, 2.24) is 14.7 Å². The molecule has 1 saturated heterocycles. The lowest BCUT2D eigenvalue weighted by molar-refractivity contribution is -0.133. The van der Waals surface area contributed by atoms with Crippen molar-refractivity contribution in [2.75, 3.05) is 45.9 Å². The van der Waals surface area contributed by atoms with Crippen LogP contribution in [0.25, 0.3) is 0 Å². The lowest BCUT2D eigenvalue weighted by Crippen LogP contribution is -2.47. The summed E-state index contributed by atoms with van der Waals surface area (Å²) in [4.78, 5) is 34.6. The van der Waals surface area contributed by atoms with E-state index in [0.717, 1.165) is 41.9 Å². The molecule has 0 radical (unpaired) electrons. The molecule has 0 N–H and O–H groups in total. The van der Waals surface area contributed by atoms with E-state index < -0.39 is 0 Å². The van der Waals surface area contributed by atoms with Crippen LogP contribution in [-0.2, 0) is 29.0 Å². The molecule has 0 saturated carbocycles. The molecule has 1 aliphatic heterocycles. The first-order valence-electron chi connectivity index (χ1n) is 15.2. The molecule has 2 amide bonds. The Morgan fingerprint density at radius 3 is 2.29 bits per heavy atom. The van der Waals surface area contributed by atoms with Crippen molar-refractivity contribution in [3.63, 3.8) is 0 Å². The Bertz CT molecular complexity index is 1260. The minimum Gasteiger partial charge on any atom is -0.379 e. The van der Waals surface area contributed by atoms with E-state index >= 15 is 0 Å². The maximum atomic E-state index is 13.9. The van der Waals surface area contributed by atoms with Gasteiger partial charge in [0, 0.05) is 43.2 Å². The molecule has 0 aliphatic carbocycles. The smallest absolute Gasteiger partial charge is 0.254 e. The van der Waals surface area contributed by atoms with Gasteiger partial charge in [0.25, 0.3) is 5.91 Å². The van der Waals surface area contributed by atoms with Crippen molar-refractivity contribution < 1.29 is 18.7 Å². The summed E-state index contributed by atoms with van der Waals surface area (Å²) in [5, 5.41) is 2.02. The van der Waals surface area contributed by atoms with Crippen LogP contribution < -0.4 is 0 Å². The van der Waals surface area contributed by atoms with Gasteiger partial charge in [-0.3, -0.25) is 14.5 Å². The zero-order chi connectivity index (χ0) is 29.7. The van der Waals surface area contributed by atoms with Gasteiger partial charge in [-0.05, 0) is 72.2 Å². The van der Waals surface area contributed by atoms with Gasteiger partial charge in [-0.15, -0.1) is 11.3 Å². The highest BCUT2D eigenvalue weighted by Crippen LogP contribution is 2.20. The highest BCUT2D eigenvalue weighted by molar-refractivity contribution is 7.10. The molecule has 2 heterocycles. The van der Waals surface area contributed by atoms with Crippen molar-refractivity contribution in [2.24, 2.45) is 0 Å². The van der Waals surface area contributed by atoms with Crippen LogP contribution >= 0.6 is 11.3 Å². The van der Waals surface area contributed by atoms with Crippen LogP contribution in [0, 0.1) is 12.7 Å². The van der Waals surface area contributed by atoms with Crippen molar-refractivity contribution in [1.29, 1.82) is 0 Å². The number of hydrogen-bond acceptors (Lipinski definition) is 5. The molecule has 226 valence electrons. The summed E-state index contributed by atoms with van der Waals surface area (Å²) in [5.74, 6) is -0.573. The molecular weight excluding hydrogens is 549 g/mol. The molecular formula is C34H44FN3O3S. The Morgan fingerprint density at radius 2 is 1.62 bits per heavy atom. The molecule has 1 fully saturated rings. The highest BCUT2D eigenvalue weighted by Gasteiger charge is 2.24. The number of carbonyl (C=O) groups excluding carboxylic acids is 2. The summed E-state index contributed by atoms with van der Waals surface area (Å²) in [6.45, 7) is 9.13. The molecule has 0 atom stereocenters. The van der Waals surface area contributed by atoms with Gasteiger partial charge in [0.15, 0.2) is 0 Å². The fourth-order valence-electron chi connectivity index (χ4n) is 5.14. The van der Waals surface area contributed by atoms with Crippen molar-refractivity contribution in [3.8, 4) is 0 Å². The number of thiophene rings is 1. The standard InChI is InChI=1S/C34H44FN3O3S/c1-3-4-5-6-7-28-8-12-30(13-9-28)34(40)37(18-17-36-19-21-41-22-20-36)26-33(39)38(25-32-27(2)16-23-42-32)24-29-10-14-31(35)15-11-29/h8-16,23H,3-7,17-22,24-26H2,1-2H3. The number of rotatable bonds is 15. The minimum atomic E-state index is -0.308. The summed E-state index contributed by atoms with van der Waals surface area (Å²) in [6, 6.07) is 16.2. The van der Waals surface area contributed by atoms with Crippen molar-refractivity contribution in [2.45, 2.75) is 59.0 Å². The Hall–Kier alpha value is -3.07. The number of benzene rings is 2. The maximum absolute atomic E-state index is 13.9. The molecule has 0 unspecified atom stereocenters. The van der Waals surface area contributed by atoms with E-state index in [1.54, 1.807) is 33.3 Å². The molecule has 4 rings (SSSR count). The number of aryl methyl sites for hydroxylation is 2. The Balaban J connectivity index is 1.50. The number of halogens is 1. The van der Waals surface area contributed by atoms with Gasteiger partial charge in [-0.25, -0.2) is 4.39 Å². The van der Waals surface area contributed by atoms with Gasteiger partial charge in [0.1, 0.15) is 12.4 Å². The molecule has 8 heteroatoms. The number of nitrogens with zero attached hydrogens (tertiary/aromatic N) is 3. The Labute approximate surface area is 254 Å². The number of hydrogen-bond donors (Lipinski definition) is 0. The average Bonchev–Trinajstić information content (AvgIpc) is 3.42. The fourth-order valence-corrected chi connectivity index (χ4v) is 6.06. The van der Waals surface area contributed by atoms with Crippen LogP contribution in [0.2, 0.25) is 0 Å². The molecule has 0 spiro atoms. The van der Waals surface area contributed by atoms with E-state index in [-0.39, 0.29) is 24.2 Å². The van der Waals surface area contributed by atoms with Crippen LogP contribution in [0.15, 0.2) is 60.0 Å². The second-order valence-corrected chi connectivity index (χ2v) is 12.1. The van der Waals surface area contributed by atoms with Gasteiger partial charge in [0.05, 0.1) is 19.8 Å². The van der Waals surface area contributed by atoms with Gasteiger partial charge < -0.3 is 14.5 Å². The molecule has 42 heavy (non-hydrogen) atoms. The molecule has 2 aromatic carbocycles. The summed E-state index contributed by atoms with van der Waals surface area (Å²) in [6.07, 6.45) is 5.82. The van der Waals surface area contributed by atoms with Crippen LogP contribution in [0.4, 0.5) is 4.39 Å². The second kappa shape index (κ2) is 16.5. The van der Waals surface area contributed by atoms with Crippen LogP contribution in [-0.4, -0.2) is 72.5 Å². The Kier molecular flexibility index (Phi) is 12.5. The van der Waals surface area contributed by atoms with E-state index in [1.807, 2.05) is 42.6 Å². The molecule has 1 aliphatic rings. The van der Waals surface area contributed by atoms with Crippen LogP contribution in [0.5, 0.6) is 0 Å². The lowest BCUT2D eigenvalue weighted by atomic mass is 10.0. The summed E-state index contributed by atoms with van der Waals surface area (Å²) in [7, 11) is 0. The monoisotopic (exact) mass is 593 g/mol. The molecule has 1 aromatic heterocycles. The number of carbonyl (C=O) groups is 2. The van der Waals surface area contributed by atoms with Crippen molar-refractivity contribution >= 4 is 23.2 Å². The van der Waals surface area contributed by atoms with E-state index in [9.17, 15) is 14.0 Å². The average molecular weight is 594 g/mol. The fraction of sp³-hybridized carbons (Fsp3) is 0.471. The highest BCUT2D eigenvalue weighted by atomic mass is 32.1. The Morgan fingerprint density at radius 1 is 0.905 bits per heavy atom. The topological polar surface area (TPSA) is 53.1 Å². The number of amides is 2. The van der Waals surface area contributed by atoms with Crippen LogP contribution in [0.3, 0.4) is 0 Å². The molecule has 3 aromatic rings. The third-order valence-corrected chi connectivity index (χ3v) is 8.87. The summed E-state index contributed by atoms with van der Waals surface area (Å²) in [5.41, 5.74) is 3.81. The predicted octanol–water partition coefficient (Wildman–Crippen LogP) is 6.32. The molecule has 0 bridgehead atoms. The quantitative estimate of drug-likeness (QED) is 0.194. The van der Waals surface area contributed by atoms with Gasteiger partial charge in [-0.1, -0.05) is 50.5 Å². The van der Waals surface area contributed by atoms with E-state index in [2.05, 4.69) is 11.8 Å². The second-order valence-electron chi connectivity index (χ2n) is 11.1. The number of morpholine rings is 1. The predicted molar refractivity (Wildman–Crippen MR) is 167 cm³/mol. The molecule has 6 nitrogen and oxygen atoms in total. The van der Waals surface area contributed by atoms with Gasteiger partial charge in [-0.2, -0.15) is 0 Å². The minimum absolute atomic E-state index is 0.0203. The first-order chi connectivity index (χ1) is 20.4. The van der Waals surface area contributed by atoms with Crippen LogP contribution in [0.1, 0.15) is 64.5 Å². The lowest BCUT2D eigenvalue weighted by Gasteiger charge is -2.31. The van der Waals surface area contributed by atoms with Gasteiger partial charge >= 0.3 is 0 Å². The zero-order valence-corrected chi connectivity index (χ0v) is 25.8. The van der Waals surface area contributed by atoms with E-state index in [0.29, 0.717) is 45.0 Å². The normalized spacial score (nSPS) is 13.7.